The Kier molecular flexibility index (Phi) is 1.53. The topological polar surface area (TPSA) is 3.24 Å². The van der Waals surface area contributed by atoms with Crippen LogP contribution >= 0.6 is 0 Å². The van der Waals surface area contributed by atoms with Crippen LogP contribution in [0.2, 0.25) is 0 Å². The fraction of sp³-hybridized carbons (Fsp3) is 0.778. The largest absolute Gasteiger partial charge is 0.300 e. The fourth-order valence-corrected chi connectivity index (χ4v) is 2.40. The molecule has 1 nitrogen and oxygen atoms in total. The highest BCUT2D eigenvalue weighted by Crippen LogP contribution is 2.32. The monoisotopic (exact) mass is 137 g/mol. The maximum atomic E-state index is 3.88. The lowest BCUT2D eigenvalue weighted by molar-refractivity contribution is 0.308. The van der Waals surface area contributed by atoms with E-state index in [0.29, 0.717) is 0 Å². The fourth-order valence-electron chi connectivity index (χ4n) is 2.40. The van der Waals surface area contributed by atoms with E-state index in [1.54, 1.807) is 0 Å². The lowest BCUT2D eigenvalue weighted by atomic mass is 9.99. The Balaban J connectivity index is 2.07. The summed E-state index contributed by atoms with van der Waals surface area (Å²) in [5.74, 6) is 0.808. The number of hydrogen-bond acceptors (Lipinski definition) is 1. The lowest BCUT2D eigenvalue weighted by Gasteiger charge is -2.16. The Hall–Kier alpha value is -0.300. The molecule has 0 radical (unpaired) electrons. The molecule has 0 spiro atoms. The first-order valence-corrected chi connectivity index (χ1v) is 4.28. The van der Waals surface area contributed by atoms with E-state index in [1.165, 1.54) is 32.4 Å². The molecule has 2 heterocycles. The summed E-state index contributed by atoms with van der Waals surface area (Å²) in [7, 11) is 0. The molecule has 0 aromatic carbocycles. The first-order valence-electron chi connectivity index (χ1n) is 4.28. The van der Waals surface area contributed by atoms with Gasteiger partial charge in [0, 0.05) is 6.04 Å². The third-order valence-corrected chi connectivity index (χ3v) is 2.96. The molecule has 0 N–H and O–H groups in total. The molecule has 2 unspecified atom stereocenters. The van der Waals surface area contributed by atoms with Gasteiger partial charge in [-0.15, -0.1) is 6.58 Å². The minimum atomic E-state index is 0.808. The molecule has 2 atom stereocenters. The molecule has 2 aliphatic rings. The van der Waals surface area contributed by atoms with Crippen LogP contribution in [-0.4, -0.2) is 24.0 Å². The van der Waals surface area contributed by atoms with Gasteiger partial charge in [-0.1, -0.05) is 6.08 Å². The molecule has 2 fully saturated rings. The van der Waals surface area contributed by atoms with Gasteiger partial charge in [0.25, 0.3) is 0 Å². The zero-order chi connectivity index (χ0) is 6.97. The van der Waals surface area contributed by atoms with Crippen LogP contribution in [0.15, 0.2) is 12.7 Å². The Labute approximate surface area is 62.7 Å². The highest BCUT2D eigenvalue weighted by molar-refractivity contribution is 4.98. The predicted octanol–water partition coefficient (Wildman–Crippen LogP) is 1.66. The molecule has 2 saturated heterocycles. The maximum Gasteiger partial charge on any atom is 0.0159 e. The molecule has 0 aromatic rings. The Morgan fingerprint density at radius 3 is 3.00 bits per heavy atom. The maximum absolute atomic E-state index is 3.88. The smallest absolute Gasteiger partial charge is 0.0159 e. The Morgan fingerprint density at radius 1 is 1.30 bits per heavy atom. The summed E-state index contributed by atoms with van der Waals surface area (Å²) >= 11 is 0. The summed E-state index contributed by atoms with van der Waals surface area (Å²) in [6, 6.07) is 0.873. The van der Waals surface area contributed by atoms with Gasteiger partial charge in [0.1, 0.15) is 0 Å². The van der Waals surface area contributed by atoms with Gasteiger partial charge in [0.05, 0.1) is 0 Å². The molecular weight excluding hydrogens is 122 g/mol. The molecule has 2 rings (SSSR count). The van der Waals surface area contributed by atoms with Crippen LogP contribution in [0, 0.1) is 5.92 Å². The minimum absolute atomic E-state index is 0.808. The standard InChI is InChI=1S/C9H15N/c1-2-8-5-7-10-6-3-4-9(8)10/h2,8-9H,1,3-7H2. The average Bonchev–Trinajstić information content (AvgIpc) is 2.44. The Morgan fingerprint density at radius 2 is 2.20 bits per heavy atom. The van der Waals surface area contributed by atoms with Crippen molar-refractivity contribution in [1.29, 1.82) is 0 Å². The van der Waals surface area contributed by atoms with E-state index in [0.717, 1.165) is 12.0 Å². The second kappa shape index (κ2) is 2.39. The van der Waals surface area contributed by atoms with Crippen LogP contribution in [0.4, 0.5) is 0 Å². The third kappa shape index (κ3) is 0.807. The van der Waals surface area contributed by atoms with Crippen LogP contribution in [0.5, 0.6) is 0 Å². The van der Waals surface area contributed by atoms with Crippen LogP contribution in [-0.2, 0) is 0 Å². The molecular formula is C9H15N. The van der Waals surface area contributed by atoms with E-state index in [-0.39, 0.29) is 0 Å². The van der Waals surface area contributed by atoms with Crippen molar-refractivity contribution in [2.24, 2.45) is 5.92 Å². The van der Waals surface area contributed by atoms with Gasteiger partial charge in [-0.05, 0) is 38.3 Å². The number of rotatable bonds is 1. The number of fused-ring (bicyclic) bond motifs is 1. The van der Waals surface area contributed by atoms with Crippen LogP contribution < -0.4 is 0 Å². The van der Waals surface area contributed by atoms with Crippen molar-refractivity contribution in [3.63, 3.8) is 0 Å². The molecule has 0 aliphatic carbocycles. The first-order chi connectivity index (χ1) is 4.92. The van der Waals surface area contributed by atoms with Crippen molar-refractivity contribution >= 4 is 0 Å². The average molecular weight is 137 g/mol. The van der Waals surface area contributed by atoms with E-state index in [9.17, 15) is 0 Å². The van der Waals surface area contributed by atoms with Crippen molar-refractivity contribution in [2.75, 3.05) is 13.1 Å². The van der Waals surface area contributed by atoms with Gasteiger partial charge >= 0.3 is 0 Å². The van der Waals surface area contributed by atoms with Crippen LogP contribution in [0.1, 0.15) is 19.3 Å². The molecule has 2 aliphatic heterocycles. The van der Waals surface area contributed by atoms with E-state index in [2.05, 4.69) is 17.6 Å². The van der Waals surface area contributed by atoms with Gasteiger partial charge in [0.15, 0.2) is 0 Å². The van der Waals surface area contributed by atoms with Gasteiger partial charge in [-0.3, -0.25) is 4.90 Å². The molecule has 0 saturated carbocycles. The summed E-state index contributed by atoms with van der Waals surface area (Å²) in [5, 5.41) is 0. The van der Waals surface area contributed by atoms with Gasteiger partial charge < -0.3 is 0 Å². The van der Waals surface area contributed by atoms with Gasteiger partial charge in [-0.25, -0.2) is 0 Å². The number of nitrogens with zero attached hydrogens (tertiary/aromatic N) is 1. The molecule has 1 heteroatoms. The second-order valence-corrected chi connectivity index (χ2v) is 3.43. The van der Waals surface area contributed by atoms with E-state index >= 15 is 0 Å². The molecule has 0 amide bonds. The SMILES string of the molecule is C=CC1CCN2CCCC12. The summed E-state index contributed by atoms with van der Waals surface area (Å²) in [6.45, 7) is 6.54. The van der Waals surface area contributed by atoms with Gasteiger partial charge in [0.2, 0.25) is 0 Å². The molecule has 56 valence electrons. The lowest BCUT2D eigenvalue weighted by Crippen LogP contribution is -2.24. The minimum Gasteiger partial charge on any atom is -0.300 e. The summed E-state index contributed by atoms with van der Waals surface area (Å²) in [5.41, 5.74) is 0. The van der Waals surface area contributed by atoms with Crippen molar-refractivity contribution in [2.45, 2.75) is 25.3 Å². The van der Waals surface area contributed by atoms with Gasteiger partial charge in [-0.2, -0.15) is 0 Å². The zero-order valence-corrected chi connectivity index (χ0v) is 6.42. The van der Waals surface area contributed by atoms with Crippen molar-refractivity contribution in [3.05, 3.63) is 12.7 Å². The first kappa shape index (κ1) is 6.41. The van der Waals surface area contributed by atoms with Crippen molar-refractivity contribution < 1.29 is 0 Å². The van der Waals surface area contributed by atoms with E-state index in [1.807, 2.05) is 0 Å². The molecule has 0 aromatic heterocycles. The summed E-state index contributed by atoms with van der Waals surface area (Å²) in [6.07, 6.45) is 6.33. The second-order valence-electron chi connectivity index (χ2n) is 3.43. The van der Waals surface area contributed by atoms with Crippen LogP contribution in [0.25, 0.3) is 0 Å². The summed E-state index contributed by atoms with van der Waals surface area (Å²) in [4.78, 5) is 2.62. The predicted molar refractivity (Wildman–Crippen MR) is 42.9 cm³/mol. The quantitative estimate of drug-likeness (QED) is 0.497. The zero-order valence-electron chi connectivity index (χ0n) is 6.42. The third-order valence-electron chi connectivity index (χ3n) is 2.96. The highest BCUT2D eigenvalue weighted by atomic mass is 15.2. The van der Waals surface area contributed by atoms with Crippen LogP contribution in [0.3, 0.4) is 0 Å². The van der Waals surface area contributed by atoms with Crippen molar-refractivity contribution in [1.82, 2.24) is 4.90 Å². The van der Waals surface area contributed by atoms with E-state index < -0.39 is 0 Å². The summed E-state index contributed by atoms with van der Waals surface area (Å²) < 4.78 is 0. The van der Waals surface area contributed by atoms with E-state index in [4.69, 9.17) is 0 Å². The molecule has 0 bridgehead atoms. The molecule has 10 heavy (non-hydrogen) atoms. The highest BCUT2D eigenvalue weighted by Gasteiger charge is 2.34. The van der Waals surface area contributed by atoms with Crippen molar-refractivity contribution in [3.8, 4) is 0 Å². The number of hydrogen-bond donors (Lipinski definition) is 0. The Bertz CT molecular complexity index is 142. The normalized spacial score (nSPS) is 40.0.